The van der Waals surface area contributed by atoms with Gasteiger partial charge in [-0.3, -0.25) is 14.4 Å². The fourth-order valence-electron chi connectivity index (χ4n) is 2.07. The average Bonchev–Trinajstić information content (AvgIpc) is 2.56. The zero-order chi connectivity index (χ0) is 12.6. The first-order valence-corrected chi connectivity index (χ1v) is 5.62. The van der Waals surface area contributed by atoms with Gasteiger partial charge in [-0.05, 0) is 12.8 Å². The summed E-state index contributed by atoms with van der Waals surface area (Å²) >= 11 is 0. The highest BCUT2D eigenvalue weighted by atomic mass is 16.7. The normalized spacial score (nSPS) is 28.6. The fourth-order valence-corrected chi connectivity index (χ4v) is 2.07. The molecule has 0 aromatic carbocycles. The highest BCUT2D eigenvalue weighted by Crippen LogP contribution is 2.27. The molecule has 2 rings (SSSR count). The number of carbonyl (C=O) groups excluding carboxylic acids is 3. The predicted molar refractivity (Wildman–Crippen MR) is 55.5 cm³/mol. The molecule has 17 heavy (non-hydrogen) atoms. The minimum Gasteiger partial charge on any atom is -0.422 e. The average molecular weight is 241 g/mol. The van der Waals surface area contributed by atoms with Crippen LogP contribution in [0.5, 0.6) is 0 Å². The van der Waals surface area contributed by atoms with Gasteiger partial charge in [0.05, 0.1) is 0 Å². The van der Waals surface area contributed by atoms with E-state index in [0.29, 0.717) is 12.8 Å². The molecule has 0 unspecified atom stereocenters. The lowest BCUT2D eigenvalue weighted by molar-refractivity contribution is -0.240. The summed E-state index contributed by atoms with van der Waals surface area (Å²) in [4.78, 5) is 34.3. The van der Waals surface area contributed by atoms with Crippen molar-refractivity contribution in [3.63, 3.8) is 0 Å². The van der Waals surface area contributed by atoms with Crippen LogP contribution in [0.25, 0.3) is 0 Å². The maximum atomic E-state index is 11.7. The SMILES string of the molecule is CC1(C)OC(=O)C(C[C@@H]2CCC(=O)N2)C(=O)O1. The minimum absolute atomic E-state index is 0.0483. The van der Waals surface area contributed by atoms with Crippen molar-refractivity contribution >= 4 is 17.8 Å². The van der Waals surface area contributed by atoms with E-state index in [2.05, 4.69) is 5.32 Å². The number of rotatable bonds is 2. The van der Waals surface area contributed by atoms with Gasteiger partial charge < -0.3 is 14.8 Å². The zero-order valence-electron chi connectivity index (χ0n) is 9.82. The molecule has 1 amide bonds. The van der Waals surface area contributed by atoms with Crippen LogP contribution in [0.3, 0.4) is 0 Å². The molecule has 1 N–H and O–H groups in total. The van der Waals surface area contributed by atoms with E-state index in [-0.39, 0.29) is 18.4 Å². The highest BCUT2D eigenvalue weighted by Gasteiger charge is 2.44. The van der Waals surface area contributed by atoms with Crippen molar-refractivity contribution in [1.82, 2.24) is 5.32 Å². The van der Waals surface area contributed by atoms with Gasteiger partial charge in [-0.2, -0.15) is 0 Å². The number of cyclic esters (lactones) is 2. The highest BCUT2D eigenvalue weighted by molar-refractivity contribution is 5.96. The molecule has 2 aliphatic rings. The molecular formula is C11H15NO5. The molecule has 94 valence electrons. The summed E-state index contributed by atoms with van der Waals surface area (Å²) in [7, 11) is 0. The summed E-state index contributed by atoms with van der Waals surface area (Å²) in [6, 6.07) is -0.145. The second kappa shape index (κ2) is 4.01. The Morgan fingerprint density at radius 3 is 2.29 bits per heavy atom. The Kier molecular flexibility index (Phi) is 2.81. The van der Waals surface area contributed by atoms with Crippen LogP contribution in [-0.4, -0.2) is 29.7 Å². The number of hydrogen-bond acceptors (Lipinski definition) is 5. The van der Waals surface area contributed by atoms with Crippen molar-refractivity contribution in [3.05, 3.63) is 0 Å². The predicted octanol–water partition coefficient (Wildman–Crippen LogP) is 0.107. The monoisotopic (exact) mass is 241 g/mol. The standard InChI is InChI=1S/C11H15NO5/c1-11(2)16-9(14)7(10(15)17-11)5-6-3-4-8(13)12-6/h6-7H,3-5H2,1-2H3,(H,12,13)/t6-/m0/s1. The lowest BCUT2D eigenvalue weighted by atomic mass is 9.98. The van der Waals surface area contributed by atoms with Crippen molar-refractivity contribution in [2.45, 2.75) is 44.9 Å². The number of esters is 2. The van der Waals surface area contributed by atoms with Gasteiger partial charge in [-0.1, -0.05) is 0 Å². The van der Waals surface area contributed by atoms with E-state index in [1.807, 2.05) is 0 Å². The fraction of sp³-hybridized carbons (Fsp3) is 0.727. The quantitative estimate of drug-likeness (QED) is 0.548. The Balaban J connectivity index is 1.99. The molecule has 0 aliphatic carbocycles. The van der Waals surface area contributed by atoms with Crippen LogP contribution in [0.4, 0.5) is 0 Å². The second-order valence-corrected chi connectivity index (χ2v) is 4.83. The van der Waals surface area contributed by atoms with Crippen LogP contribution in [-0.2, 0) is 23.9 Å². The molecular weight excluding hydrogens is 226 g/mol. The molecule has 6 heteroatoms. The Morgan fingerprint density at radius 1 is 1.24 bits per heavy atom. The van der Waals surface area contributed by atoms with Gasteiger partial charge in [0.25, 0.3) is 5.79 Å². The molecule has 2 aliphatic heterocycles. The first-order chi connectivity index (χ1) is 7.87. The summed E-state index contributed by atoms with van der Waals surface area (Å²) in [6.07, 6.45) is 1.33. The molecule has 0 saturated carbocycles. The lowest BCUT2D eigenvalue weighted by Gasteiger charge is -2.33. The van der Waals surface area contributed by atoms with Gasteiger partial charge in [0.1, 0.15) is 0 Å². The third kappa shape index (κ3) is 2.57. The molecule has 0 aromatic rings. The maximum Gasteiger partial charge on any atom is 0.323 e. The van der Waals surface area contributed by atoms with Crippen LogP contribution in [0.15, 0.2) is 0 Å². The van der Waals surface area contributed by atoms with E-state index >= 15 is 0 Å². The smallest absolute Gasteiger partial charge is 0.323 e. The van der Waals surface area contributed by atoms with Crippen LogP contribution < -0.4 is 5.32 Å². The first-order valence-electron chi connectivity index (χ1n) is 5.62. The van der Waals surface area contributed by atoms with E-state index in [1.165, 1.54) is 13.8 Å². The lowest BCUT2D eigenvalue weighted by Crippen LogP contribution is -2.47. The third-order valence-corrected chi connectivity index (χ3v) is 2.87. The van der Waals surface area contributed by atoms with Gasteiger partial charge >= 0.3 is 11.9 Å². The van der Waals surface area contributed by atoms with Gasteiger partial charge in [0.2, 0.25) is 5.91 Å². The number of amides is 1. The number of nitrogens with one attached hydrogen (secondary N) is 1. The van der Waals surface area contributed by atoms with Crippen LogP contribution in [0, 0.1) is 5.92 Å². The van der Waals surface area contributed by atoms with Gasteiger partial charge in [-0.25, -0.2) is 0 Å². The molecule has 0 aromatic heterocycles. The second-order valence-electron chi connectivity index (χ2n) is 4.83. The van der Waals surface area contributed by atoms with Gasteiger partial charge in [0, 0.05) is 26.3 Å². The molecule has 0 spiro atoms. The molecule has 2 fully saturated rings. The van der Waals surface area contributed by atoms with Crippen molar-refractivity contribution < 1.29 is 23.9 Å². The molecule has 1 atom stereocenters. The van der Waals surface area contributed by atoms with E-state index in [9.17, 15) is 14.4 Å². The van der Waals surface area contributed by atoms with E-state index in [1.54, 1.807) is 0 Å². The molecule has 2 heterocycles. The Labute approximate surface area is 98.6 Å². The van der Waals surface area contributed by atoms with Crippen molar-refractivity contribution in [2.24, 2.45) is 5.92 Å². The van der Waals surface area contributed by atoms with Gasteiger partial charge in [-0.15, -0.1) is 0 Å². The first kappa shape index (κ1) is 11.9. The Hall–Kier alpha value is -1.59. The van der Waals surface area contributed by atoms with E-state index in [4.69, 9.17) is 9.47 Å². The van der Waals surface area contributed by atoms with E-state index in [0.717, 1.165) is 0 Å². The van der Waals surface area contributed by atoms with E-state index < -0.39 is 23.6 Å². The number of hydrogen-bond donors (Lipinski definition) is 1. The zero-order valence-corrected chi connectivity index (χ0v) is 9.82. The minimum atomic E-state index is -1.19. The summed E-state index contributed by atoms with van der Waals surface area (Å²) < 4.78 is 10.00. The molecule has 6 nitrogen and oxygen atoms in total. The Morgan fingerprint density at radius 2 is 1.82 bits per heavy atom. The van der Waals surface area contributed by atoms with Crippen molar-refractivity contribution in [3.8, 4) is 0 Å². The number of carbonyl (C=O) groups is 3. The van der Waals surface area contributed by atoms with Crippen molar-refractivity contribution in [1.29, 1.82) is 0 Å². The maximum absolute atomic E-state index is 11.7. The Bertz CT molecular complexity index is 356. The largest absolute Gasteiger partial charge is 0.422 e. The van der Waals surface area contributed by atoms with Crippen LogP contribution in [0.1, 0.15) is 33.1 Å². The van der Waals surface area contributed by atoms with Gasteiger partial charge in [0.15, 0.2) is 5.92 Å². The van der Waals surface area contributed by atoms with Crippen molar-refractivity contribution in [2.75, 3.05) is 0 Å². The summed E-state index contributed by atoms with van der Waals surface area (Å²) in [6.45, 7) is 3.02. The summed E-state index contributed by atoms with van der Waals surface area (Å²) in [5.41, 5.74) is 0. The molecule has 0 bridgehead atoms. The summed E-state index contributed by atoms with van der Waals surface area (Å²) in [5.74, 6) is -3.32. The number of ether oxygens (including phenoxy) is 2. The van der Waals surface area contributed by atoms with Crippen LogP contribution >= 0.6 is 0 Å². The summed E-state index contributed by atoms with van der Waals surface area (Å²) in [5, 5.41) is 2.71. The molecule has 2 saturated heterocycles. The topological polar surface area (TPSA) is 81.7 Å². The molecule has 0 radical (unpaired) electrons. The van der Waals surface area contributed by atoms with Crippen LogP contribution in [0.2, 0.25) is 0 Å². The third-order valence-electron chi connectivity index (χ3n) is 2.87.